The molecule has 0 amide bonds. The molecule has 0 aromatic carbocycles. The van der Waals surface area contributed by atoms with Crippen molar-refractivity contribution in [2.45, 2.75) is 24.8 Å². The lowest BCUT2D eigenvalue weighted by molar-refractivity contribution is -0.146. The lowest BCUT2D eigenvalue weighted by Crippen LogP contribution is -2.54. The quantitative estimate of drug-likeness (QED) is 0.687. The predicted molar refractivity (Wildman–Crippen MR) is 57.8 cm³/mol. The van der Waals surface area contributed by atoms with Gasteiger partial charge in [-0.3, -0.25) is 9.69 Å². The van der Waals surface area contributed by atoms with Crippen LogP contribution in [-0.2, 0) is 4.79 Å². The average Bonchev–Trinajstić information content (AvgIpc) is 2.50. The Hall–Kier alpha value is -0.610. The first-order valence-electron chi connectivity index (χ1n) is 5.69. The molecule has 1 N–H and O–H groups in total. The van der Waals surface area contributed by atoms with Gasteiger partial charge >= 0.3 is 5.97 Å². The molecule has 1 unspecified atom stereocenters. The van der Waals surface area contributed by atoms with Crippen molar-refractivity contribution in [2.75, 3.05) is 33.7 Å². The number of likely N-dealkylation sites (tertiary alicyclic amines) is 2. The molecule has 0 aromatic rings. The maximum absolute atomic E-state index is 11.3. The van der Waals surface area contributed by atoms with Crippen molar-refractivity contribution in [3.63, 3.8) is 0 Å². The van der Waals surface area contributed by atoms with Crippen molar-refractivity contribution < 1.29 is 9.90 Å². The lowest BCUT2D eigenvalue weighted by atomic mass is 9.77. The van der Waals surface area contributed by atoms with Crippen LogP contribution in [0.5, 0.6) is 0 Å². The lowest BCUT2D eigenvalue weighted by Gasteiger charge is -2.45. The van der Waals surface area contributed by atoms with E-state index in [1.807, 2.05) is 0 Å². The minimum absolute atomic E-state index is 0.0572. The van der Waals surface area contributed by atoms with Gasteiger partial charge < -0.3 is 10.0 Å². The van der Waals surface area contributed by atoms with E-state index in [1.165, 1.54) is 0 Å². The summed E-state index contributed by atoms with van der Waals surface area (Å²) in [6, 6.07) is 0. The van der Waals surface area contributed by atoms with Crippen LogP contribution in [0.4, 0.5) is 0 Å². The zero-order valence-corrected chi connectivity index (χ0v) is 9.57. The fourth-order valence-electron chi connectivity index (χ4n) is 3.17. The summed E-state index contributed by atoms with van der Waals surface area (Å²) in [5.74, 6) is -0.764. The first kappa shape index (κ1) is 10.9. The Bertz CT molecular complexity index is 259. The van der Waals surface area contributed by atoms with E-state index < -0.39 is 5.97 Å². The molecule has 2 heterocycles. The van der Waals surface area contributed by atoms with Crippen LogP contribution >= 0.6 is 0 Å². The summed E-state index contributed by atoms with van der Waals surface area (Å²) in [4.78, 5) is 15.8. The fourth-order valence-corrected chi connectivity index (χ4v) is 3.17. The van der Waals surface area contributed by atoms with Crippen molar-refractivity contribution in [3.8, 4) is 0 Å². The van der Waals surface area contributed by atoms with Gasteiger partial charge in [0.15, 0.2) is 0 Å². The average molecular weight is 212 g/mol. The molecular formula is C11H20N2O2. The molecule has 2 saturated heterocycles. The molecule has 0 saturated carbocycles. The smallest absolute Gasteiger partial charge is 0.308 e. The van der Waals surface area contributed by atoms with Gasteiger partial charge in [0.1, 0.15) is 0 Å². The summed E-state index contributed by atoms with van der Waals surface area (Å²) in [7, 11) is 4.19. The highest BCUT2D eigenvalue weighted by Crippen LogP contribution is 2.41. The monoisotopic (exact) mass is 212 g/mol. The van der Waals surface area contributed by atoms with E-state index in [9.17, 15) is 9.90 Å². The molecule has 4 nitrogen and oxygen atoms in total. The van der Waals surface area contributed by atoms with E-state index in [-0.39, 0.29) is 11.5 Å². The van der Waals surface area contributed by atoms with E-state index in [4.69, 9.17) is 0 Å². The summed E-state index contributed by atoms with van der Waals surface area (Å²) >= 11 is 0. The zero-order valence-electron chi connectivity index (χ0n) is 9.57. The molecule has 2 aliphatic heterocycles. The summed E-state index contributed by atoms with van der Waals surface area (Å²) in [5.41, 5.74) is -0.0572. The Kier molecular flexibility index (Phi) is 2.73. The largest absolute Gasteiger partial charge is 0.481 e. The second kappa shape index (κ2) is 3.76. The molecule has 4 heteroatoms. The van der Waals surface area contributed by atoms with Crippen LogP contribution in [0.1, 0.15) is 19.3 Å². The van der Waals surface area contributed by atoms with Gasteiger partial charge in [-0.2, -0.15) is 0 Å². The highest BCUT2D eigenvalue weighted by molar-refractivity contribution is 5.72. The van der Waals surface area contributed by atoms with Gasteiger partial charge in [0, 0.05) is 5.54 Å². The Balaban J connectivity index is 2.19. The second-order valence-corrected chi connectivity index (χ2v) is 5.01. The van der Waals surface area contributed by atoms with Gasteiger partial charge in [0.25, 0.3) is 0 Å². The fraction of sp³-hybridized carbons (Fsp3) is 0.909. The standard InChI is InChI=1S/C11H20N2O2/c1-12-7-4-11(5-8-12)9(10(14)15)3-6-13(11)2/h9H,3-8H2,1-2H3,(H,14,15). The minimum Gasteiger partial charge on any atom is -0.481 e. The van der Waals surface area contributed by atoms with E-state index in [1.54, 1.807) is 0 Å². The molecular weight excluding hydrogens is 192 g/mol. The number of carbonyl (C=O) groups is 1. The Morgan fingerprint density at radius 1 is 1.27 bits per heavy atom. The molecule has 0 bridgehead atoms. The third-order valence-corrected chi connectivity index (χ3v) is 4.31. The summed E-state index contributed by atoms with van der Waals surface area (Å²) in [5, 5.41) is 9.27. The van der Waals surface area contributed by atoms with Gasteiger partial charge in [0.05, 0.1) is 5.92 Å². The summed E-state index contributed by atoms with van der Waals surface area (Å²) in [6.07, 6.45) is 2.81. The minimum atomic E-state index is -0.607. The molecule has 0 radical (unpaired) electrons. The molecule has 2 fully saturated rings. The van der Waals surface area contributed by atoms with Gasteiger partial charge in [-0.1, -0.05) is 0 Å². The van der Waals surface area contributed by atoms with Gasteiger partial charge in [-0.25, -0.2) is 0 Å². The molecule has 0 aromatic heterocycles. The second-order valence-electron chi connectivity index (χ2n) is 5.01. The van der Waals surface area contributed by atoms with Gasteiger partial charge in [0.2, 0.25) is 0 Å². The molecule has 15 heavy (non-hydrogen) atoms. The predicted octanol–water partition coefficient (Wildman–Crippen LogP) is 0.487. The molecule has 0 aliphatic carbocycles. The van der Waals surface area contributed by atoms with Crippen molar-refractivity contribution in [1.29, 1.82) is 0 Å². The van der Waals surface area contributed by atoms with Crippen LogP contribution < -0.4 is 0 Å². The number of piperidine rings is 1. The molecule has 86 valence electrons. The van der Waals surface area contributed by atoms with Crippen molar-refractivity contribution in [3.05, 3.63) is 0 Å². The van der Waals surface area contributed by atoms with Crippen molar-refractivity contribution >= 4 is 5.97 Å². The first-order valence-corrected chi connectivity index (χ1v) is 5.69. The molecule has 2 rings (SSSR count). The number of nitrogens with zero attached hydrogens (tertiary/aromatic N) is 2. The molecule has 2 aliphatic rings. The Morgan fingerprint density at radius 2 is 1.87 bits per heavy atom. The van der Waals surface area contributed by atoms with E-state index >= 15 is 0 Å². The van der Waals surface area contributed by atoms with Crippen LogP contribution in [0.2, 0.25) is 0 Å². The van der Waals surface area contributed by atoms with Crippen LogP contribution in [0.25, 0.3) is 0 Å². The summed E-state index contributed by atoms with van der Waals surface area (Å²) in [6.45, 7) is 2.98. The third-order valence-electron chi connectivity index (χ3n) is 4.31. The number of hydrogen-bond donors (Lipinski definition) is 1. The van der Waals surface area contributed by atoms with Crippen LogP contribution in [0.3, 0.4) is 0 Å². The van der Waals surface area contributed by atoms with Gasteiger partial charge in [-0.05, 0) is 53.0 Å². The number of carboxylic acid groups (broad SMARTS) is 1. The number of hydrogen-bond acceptors (Lipinski definition) is 3. The number of aliphatic carboxylic acids is 1. The zero-order chi connectivity index (χ0) is 11.1. The number of carboxylic acids is 1. The third kappa shape index (κ3) is 1.66. The van der Waals surface area contributed by atoms with Crippen molar-refractivity contribution in [1.82, 2.24) is 9.80 Å². The van der Waals surface area contributed by atoms with Crippen LogP contribution in [0.15, 0.2) is 0 Å². The van der Waals surface area contributed by atoms with Crippen LogP contribution in [-0.4, -0.2) is 60.1 Å². The normalized spacial score (nSPS) is 32.3. The topological polar surface area (TPSA) is 43.8 Å². The number of rotatable bonds is 1. The first-order chi connectivity index (χ1) is 7.06. The summed E-state index contributed by atoms with van der Waals surface area (Å²) < 4.78 is 0. The van der Waals surface area contributed by atoms with E-state index in [2.05, 4.69) is 23.9 Å². The SMILES string of the molecule is CN1CCC2(CC1)C(C(=O)O)CCN2C. The van der Waals surface area contributed by atoms with Gasteiger partial charge in [-0.15, -0.1) is 0 Å². The maximum atomic E-state index is 11.3. The Labute approximate surface area is 90.9 Å². The highest BCUT2D eigenvalue weighted by atomic mass is 16.4. The molecule has 1 spiro atoms. The Morgan fingerprint density at radius 3 is 2.40 bits per heavy atom. The van der Waals surface area contributed by atoms with Crippen LogP contribution in [0, 0.1) is 5.92 Å². The maximum Gasteiger partial charge on any atom is 0.308 e. The highest BCUT2D eigenvalue weighted by Gasteiger charge is 2.51. The van der Waals surface area contributed by atoms with Crippen molar-refractivity contribution in [2.24, 2.45) is 5.92 Å². The van der Waals surface area contributed by atoms with E-state index in [0.717, 1.165) is 38.9 Å². The van der Waals surface area contributed by atoms with E-state index in [0.29, 0.717) is 0 Å². The molecule has 1 atom stereocenters.